The molecule has 2 unspecified atom stereocenters. The molecule has 0 aromatic heterocycles. The molecule has 1 aliphatic rings. The molecule has 1 saturated heterocycles. The van der Waals surface area contributed by atoms with Gasteiger partial charge in [0, 0.05) is 30.1 Å². The number of rotatable bonds is 7. The molecule has 1 heterocycles. The maximum Gasteiger partial charge on any atom is 0.0409 e. The maximum absolute atomic E-state index is 6.24. The van der Waals surface area contributed by atoms with Crippen LogP contribution in [-0.2, 0) is 6.54 Å². The van der Waals surface area contributed by atoms with Crippen molar-refractivity contribution in [2.75, 3.05) is 19.6 Å². The van der Waals surface area contributed by atoms with E-state index in [2.05, 4.69) is 108 Å². The predicted molar refractivity (Wildman–Crippen MR) is 144 cm³/mol. The third-order valence-corrected chi connectivity index (χ3v) is 7.57. The fraction of sp³-hybridized carbons (Fsp3) is 0.290. The molecule has 0 aliphatic carbocycles. The molecule has 0 amide bonds. The minimum atomic E-state index is 0.312. The van der Waals surface area contributed by atoms with E-state index in [1.165, 1.54) is 33.9 Å². The highest BCUT2D eigenvalue weighted by atomic mass is 35.5. The summed E-state index contributed by atoms with van der Waals surface area (Å²) in [6.45, 7) is 6.47. The first-order valence-corrected chi connectivity index (χ1v) is 12.8. The third kappa shape index (κ3) is 5.36. The second-order valence-corrected chi connectivity index (χ2v) is 10.1. The van der Waals surface area contributed by atoms with E-state index in [0.717, 1.165) is 31.2 Å². The van der Waals surface area contributed by atoms with Crippen molar-refractivity contribution in [3.63, 3.8) is 0 Å². The van der Waals surface area contributed by atoms with E-state index in [1.807, 2.05) is 6.07 Å². The van der Waals surface area contributed by atoms with E-state index in [9.17, 15) is 0 Å². The van der Waals surface area contributed by atoms with Crippen molar-refractivity contribution < 1.29 is 0 Å². The quantitative estimate of drug-likeness (QED) is 0.303. The van der Waals surface area contributed by atoms with Gasteiger partial charge in [-0.1, -0.05) is 96.5 Å². The first kappa shape index (κ1) is 23.1. The molecule has 174 valence electrons. The predicted octanol–water partition coefficient (Wildman–Crippen LogP) is 7.45. The Labute approximate surface area is 208 Å². The molecule has 5 rings (SSSR count). The Morgan fingerprint density at radius 2 is 1.68 bits per heavy atom. The Morgan fingerprint density at radius 3 is 2.53 bits per heavy atom. The molecule has 1 fully saturated rings. The number of piperidine rings is 1. The van der Waals surface area contributed by atoms with Crippen LogP contribution in [0.3, 0.4) is 0 Å². The number of benzene rings is 4. The molecule has 0 spiro atoms. The van der Waals surface area contributed by atoms with Crippen molar-refractivity contribution in [1.82, 2.24) is 10.2 Å². The maximum atomic E-state index is 6.24. The molecule has 2 nitrogen and oxygen atoms in total. The van der Waals surface area contributed by atoms with E-state index in [-0.39, 0.29) is 0 Å². The molecule has 1 aliphatic heterocycles. The number of nitrogens with one attached hydrogen (secondary N) is 1. The van der Waals surface area contributed by atoms with Crippen LogP contribution in [0.4, 0.5) is 0 Å². The van der Waals surface area contributed by atoms with Gasteiger partial charge in [0.05, 0.1) is 0 Å². The topological polar surface area (TPSA) is 15.3 Å². The van der Waals surface area contributed by atoms with Crippen LogP contribution in [0.1, 0.15) is 42.0 Å². The number of hydrogen-bond donors (Lipinski definition) is 1. The van der Waals surface area contributed by atoms with Gasteiger partial charge < -0.3 is 5.32 Å². The van der Waals surface area contributed by atoms with E-state index in [4.69, 9.17) is 11.6 Å². The first-order valence-electron chi connectivity index (χ1n) is 12.4. The monoisotopic (exact) mass is 468 g/mol. The summed E-state index contributed by atoms with van der Waals surface area (Å²) in [4.78, 5) is 2.59. The lowest BCUT2D eigenvalue weighted by atomic mass is 9.80. The fourth-order valence-corrected chi connectivity index (χ4v) is 5.71. The largest absolute Gasteiger partial charge is 0.310 e. The number of likely N-dealkylation sites (tertiary alicyclic amines) is 1. The van der Waals surface area contributed by atoms with Crippen LogP contribution in [-0.4, -0.2) is 24.5 Å². The zero-order valence-electron chi connectivity index (χ0n) is 19.8. The smallest absolute Gasteiger partial charge is 0.0409 e. The summed E-state index contributed by atoms with van der Waals surface area (Å²) in [5, 5.41) is 7.37. The van der Waals surface area contributed by atoms with E-state index in [1.54, 1.807) is 0 Å². The van der Waals surface area contributed by atoms with Crippen molar-refractivity contribution in [3.05, 3.63) is 119 Å². The van der Waals surface area contributed by atoms with Gasteiger partial charge in [-0.25, -0.2) is 0 Å². The second-order valence-electron chi connectivity index (χ2n) is 9.63. The molecule has 0 bridgehead atoms. The molecule has 3 atom stereocenters. The van der Waals surface area contributed by atoms with Crippen molar-refractivity contribution in [2.24, 2.45) is 5.92 Å². The van der Waals surface area contributed by atoms with Crippen LogP contribution in [0.5, 0.6) is 0 Å². The van der Waals surface area contributed by atoms with Crippen LogP contribution < -0.4 is 5.32 Å². The van der Waals surface area contributed by atoms with Crippen LogP contribution in [0.15, 0.2) is 97.1 Å². The lowest BCUT2D eigenvalue weighted by molar-refractivity contribution is 0.148. The summed E-state index contributed by atoms with van der Waals surface area (Å²) in [5.41, 5.74) is 4.12. The highest BCUT2D eigenvalue weighted by Gasteiger charge is 2.30. The fourth-order valence-electron chi connectivity index (χ4n) is 5.49. The van der Waals surface area contributed by atoms with Gasteiger partial charge in [0.1, 0.15) is 0 Å². The summed E-state index contributed by atoms with van der Waals surface area (Å²) >= 11 is 6.24. The summed E-state index contributed by atoms with van der Waals surface area (Å²) in [6, 6.07) is 35.0. The molecule has 4 aromatic carbocycles. The zero-order chi connectivity index (χ0) is 23.3. The molecule has 1 N–H and O–H groups in total. The number of fused-ring (bicyclic) bond motifs is 1. The average molecular weight is 469 g/mol. The average Bonchev–Trinajstić information content (AvgIpc) is 2.88. The molecule has 0 radical (unpaired) electrons. The second kappa shape index (κ2) is 10.7. The van der Waals surface area contributed by atoms with Crippen LogP contribution in [0.2, 0.25) is 5.02 Å². The Hall–Kier alpha value is -2.65. The first-order chi connectivity index (χ1) is 16.7. The lowest BCUT2D eigenvalue weighted by Gasteiger charge is -2.39. The van der Waals surface area contributed by atoms with E-state index < -0.39 is 0 Å². The molecular formula is C31H33ClN2. The van der Waals surface area contributed by atoms with Crippen molar-refractivity contribution in [3.8, 4) is 0 Å². The summed E-state index contributed by atoms with van der Waals surface area (Å²) in [5.74, 6) is 1.12. The van der Waals surface area contributed by atoms with Gasteiger partial charge in [-0.2, -0.15) is 0 Å². The van der Waals surface area contributed by atoms with Gasteiger partial charge in [0.2, 0.25) is 0 Å². The molecule has 34 heavy (non-hydrogen) atoms. The Bertz CT molecular complexity index is 1220. The van der Waals surface area contributed by atoms with E-state index >= 15 is 0 Å². The van der Waals surface area contributed by atoms with Gasteiger partial charge in [-0.15, -0.1) is 0 Å². The molecule has 4 aromatic rings. The van der Waals surface area contributed by atoms with Gasteiger partial charge >= 0.3 is 0 Å². The van der Waals surface area contributed by atoms with Crippen LogP contribution in [0.25, 0.3) is 10.8 Å². The van der Waals surface area contributed by atoms with Crippen molar-refractivity contribution in [1.29, 1.82) is 0 Å². The Morgan fingerprint density at radius 1 is 0.912 bits per heavy atom. The van der Waals surface area contributed by atoms with Gasteiger partial charge in [0.15, 0.2) is 0 Å². The number of nitrogens with zero attached hydrogens (tertiary/aromatic N) is 1. The molecular weight excluding hydrogens is 436 g/mol. The molecule has 3 heteroatoms. The Balaban J connectivity index is 1.30. The van der Waals surface area contributed by atoms with Crippen LogP contribution >= 0.6 is 11.6 Å². The van der Waals surface area contributed by atoms with Gasteiger partial charge in [0.25, 0.3) is 0 Å². The number of halogens is 1. The SMILES string of the molecule is C[C@@H](NCC1CCN(Cc2cccc(Cl)c2)CC1c1ccccc1)c1cccc2ccccc12. The standard InChI is InChI=1S/C31H33ClN2/c1-23(29-16-8-13-25-12-5-6-15-30(25)29)33-20-27-17-18-34(21-24-9-7-14-28(32)19-24)22-31(27)26-10-3-2-4-11-26/h2-16,19,23,27,31,33H,17-18,20-22H2,1H3/t23-,27?,31?/m1/s1. The highest BCUT2D eigenvalue weighted by molar-refractivity contribution is 6.30. The molecule has 0 saturated carbocycles. The zero-order valence-corrected chi connectivity index (χ0v) is 20.6. The Kier molecular flexibility index (Phi) is 7.30. The van der Waals surface area contributed by atoms with Crippen LogP contribution in [0, 0.1) is 5.92 Å². The highest BCUT2D eigenvalue weighted by Crippen LogP contribution is 2.34. The number of hydrogen-bond acceptors (Lipinski definition) is 2. The summed E-state index contributed by atoms with van der Waals surface area (Å²) in [6.07, 6.45) is 1.19. The van der Waals surface area contributed by atoms with Crippen molar-refractivity contribution in [2.45, 2.75) is 31.8 Å². The minimum absolute atomic E-state index is 0.312. The van der Waals surface area contributed by atoms with Gasteiger partial charge in [-0.3, -0.25) is 4.90 Å². The minimum Gasteiger partial charge on any atom is -0.310 e. The van der Waals surface area contributed by atoms with E-state index in [0.29, 0.717) is 17.9 Å². The summed E-state index contributed by atoms with van der Waals surface area (Å²) in [7, 11) is 0. The lowest BCUT2D eigenvalue weighted by Crippen LogP contribution is -2.42. The normalized spacial score (nSPS) is 19.8. The third-order valence-electron chi connectivity index (χ3n) is 7.34. The van der Waals surface area contributed by atoms with Gasteiger partial charge in [-0.05, 0) is 71.9 Å². The summed E-state index contributed by atoms with van der Waals surface area (Å²) < 4.78 is 0. The van der Waals surface area contributed by atoms with Crippen molar-refractivity contribution >= 4 is 22.4 Å².